The minimum absolute atomic E-state index is 0.118. The number of hydrogen-bond acceptors (Lipinski definition) is 5. The Morgan fingerprint density at radius 1 is 1.20 bits per heavy atom. The van der Waals surface area contributed by atoms with E-state index in [1.807, 2.05) is 47.9 Å². The number of rotatable bonds is 10. The van der Waals surface area contributed by atoms with Gasteiger partial charge >= 0.3 is 0 Å². The van der Waals surface area contributed by atoms with Crippen LogP contribution in [0, 0.1) is 6.92 Å². The van der Waals surface area contributed by atoms with E-state index in [1.165, 1.54) is 17.3 Å². The third-order valence-electron chi connectivity index (χ3n) is 4.24. The van der Waals surface area contributed by atoms with Crippen molar-refractivity contribution in [3.05, 3.63) is 83.2 Å². The molecule has 8 heteroatoms. The lowest BCUT2D eigenvalue weighted by molar-refractivity contribution is -0.113. The summed E-state index contributed by atoms with van der Waals surface area (Å²) in [5.74, 6) is 2.64. The van der Waals surface area contributed by atoms with Crippen LogP contribution in [0.5, 0.6) is 0 Å². The number of carbonyl (C=O) groups is 1. The molecule has 30 heavy (non-hydrogen) atoms. The van der Waals surface area contributed by atoms with Crippen LogP contribution >= 0.6 is 35.1 Å². The maximum Gasteiger partial charge on any atom is 0.234 e. The summed E-state index contributed by atoms with van der Waals surface area (Å²) in [7, 11) is 0. The molecule has 156 valence electrons. The van der Waals surface area contributed by atoms with Crippen molar-refractivity contribution in [3.63, 3.8) is 0 Å². The number of benzene rings is 2. The lowest BCUT2D eigenvalue weighted by Crippen LogP contribution is -2.14. The highest BCUT2D eigenvalue weighted by Crippen LogP contribution is 2.23. The number of hydrogen-bond donors (Lipinski definition) is 1. The van der Waals surface area contributed by atoms with Crippen LogP contribution in [-0.4, -0.2) is 26.4 Å². The van der Waals surface area contributed by atoms with Gasteiger partial charge in [-0.3, -0.25) is 4.79 Å². The average molecular weight is 459 g/mol. The topological polar surface area (TPSA) is 59.8 Å². The number of nitrogens with zero attached hydrogens (tertiary/aromatic N) is 3. The normalized spacial score (nSPS) is 10.7. The van der Waals surface area contributed by atoms with Gasteiger partial charge in [-0.1, -0.05) is 65.8 Å². The zero-order valence-corrected chi connectivity index (χ0v) is 19.1. The Morgan fingerprint density at radius 3 is 2.73 bits per heavy atom. The zero-order valence-electron chi connectivity index (χ0n) is 16.7. The summed E-state index contributed by atoms with van der Waals surface area (Å²) >= 11 is 9.26. The molecule has 5 nitrogen and oxygen atoms in total. The molecule has 0 aliphatic carbocycles. The van der Waals surface area contributed by atoms with E-state index >= 15 is 0 Å². The van der Waals surface area contributed by atoms with E-state index in [9.17, 15) is 4.79 Å². The fourth-order valence-electron chi connectivity index (χ4n) is 2.68. The number of nitrogens with one attached hydrogen (secondary N) is 1. The molecule has 2 aromatic carbocycles. The van der Waals surface area contributed by atoms with Crippen LogP contribution in [-0.2, 0) is 22.8 Å². The van der Waals surface area contributed by atoms with E-state index in [0.717, 1.165) is 22.9 Å². The molecule has 0 atom stereocenters. The van der Waals surface area contributed by atoms with Crippen molar-refractivity contribution in [1.82, 2.24) is 14.8 Å². The summed E-state index contributed by atoms with van der Waals surface area (Å²) < 4.78 is 2.01. The van der Waals surface area contributed by atoms with Gasteiger partial charge in [0, 0.05) is 23.0 Å². The van der Waals surface area contributed by atoms with Crippen LogP contribution in [0.4, 0.5) is 5.69 Å². The summed E-state index contributed by atoms with van der Waals surface area (Å²) in [5.41, 5.74) is 2.93. The number of thioether (sulfide) groups is 2. The first-order valence-corrected chi connectivity index (χ1v) is 11.9. The lowest BCUT2D eigenvalue weighted by atomic mass is 10.2. The van der Waals surface area contributed by atoms with Gasteiger partial charge in [0.2, 0.25) is 5.91 Å². The number of aromatic nitrogens is 3. The van der Waals surface area contributed by atoms with Crippen LogP contribution in [0.1, 0.15) is 17.0 Å². The number of amides is 1. The maximum atomic E-state index is 12.3. The summed E-state index contributed by atoms with van der Waals surface area (Å²) in [4.78, 5) is 12.3. The number of aryl methyl sites for hydroxylation is 1. The Kier molecular flexibility index (Phi) is 8.42. The molecule has 3 rings (SSSR count). The predicted molar refractivity (Wildman–Crippen MR) is 127 cm³/mol. The lowest BCUT2D eigenvalue weighted by Gasteiger charge is -2.09. The average Bonchev–Trinajstić information content (AvgIpc) is 3.12. The van der Waals surface area contributed by atoms with Gasteiger partial charge in [-0.15, -0.1) is 28.5 Å². The van der Waals surface area contributed by atoms with Crippen molar-refractivity contribution in [1.29, 1.82) is 0 Å². The summed E-state index contributed by atoms with van der Waals surface area (Å²) in [6.45, 7) is 6.35. The maximum absolute atomic E-state index is 12.3. The molecule has 1 amide bonds. The van der Waals surface area contributed by atoms with Crippen molar-refractivity contribution in [2.45, 2.75) is 30.1 Å². The number of anilines is 1. The van der Waals surface area contributed by atoms with Crippen LogP contribution in [0.15, 0.2) is 66.3 Å². The van der Waals surface area contributed by atoms with Crippen LogP contribution < -0.4 is 5.32 Å². The minimum Gasteiger partial charge on any atom is -0.325 e. The Bertz CT molecular complexity index is 1010. The number of halogens is 1. The van der Waals surface area contributed by atoms with Crippen molar-refractivity contribution in [2.24, 2.45) is 0 Å². The van der Waals surface area contributed by atoms with E-state index in [-0.39, 0.29) is 11.7 Å². The van der Waals surface area contributed by atoms with E-state index < -0.39 is 0 Å². The highest BCUT2D eigenvalue weighted by Gasteiger charge is 2.14. The summed E-state index contributed by atoms with van der Waals surface area (Å²) in [5, 5.41) is 12.8. The SMILES string of the molecule is C=CCn1c(CSCc2ccccc2)nnc1SCC(=O)Nc1ccc(C)c(Cl)c1. The highest BCUT2D eigenvalue weighted by molar-refractivity contribution is 7.99. The van der Waals surface area contributed by atoms with Crippen molar-refractivity contribution >= 4 is 46.7 Å². The predicted octanol–water partition coefficient (Wildman–Crippen LogP) is 5.59. The van der Waals surface area contributed by atoms with Crippen molar-refractivity contribution in [3.8, 4) is 0 Å². The van der Waals surface area contributed by atoms with Gasteiger partial charge in [-0.05, 0) is 30.2 Å². The monoisotopic (exact) mass is 458 g/mol. The molecule has 0 bridgehead atoms. The zero-order chi connectivity index (χ0) is 21.3. The Labute approximate surface area is 190 Å². The fraction of sp³-hybridized carbons (Fsp3) is 0.227. The van der Waals surface area contributed by atoms with E-state index in [0.29, 0.717) is 22.4 Å². The molecule has 1 N–H and O–H groups in total. The van der Waals surface area contributed by atoms with Crippen LogP contribution in [0.3, 0.4) is 0 Å². The largest absolute Gasteiger partial charge is 0.325 e. The van der Waals surface area contributed by atoms with Crippen LogP contribution in [0.25, 0.3) is 0 Å². The summed E-state index contributed by atoms with van der Waals surface area (Å²) in [6.07, 6.45) is 1.81. The quantitative estimate of drug-likeness (QED) is 0.317. The van der Waals surface area contributed by atoms with Crippen LogP contribution in [0.2, 0.25) is 5.02 Å². The molecule has 3 aromatic rings. The minimum atomic E-state index is -0.118. The molecule has 0 radical (unpaired) electrons. The molecule has 0 aliphatic heterocycles. The van der Waals surface area contributed by atoms with Gasteiger partial charge in [-0.25, -0.2) is 0 Å². The standard InChI is InChI=1S/C22H23ClN4OS2/c1-3-11-27-20(14-29-13-17-7-5-4-6-8-17)25-26-22(27)30-15-21(28)24-18-10-9-16(2)19(23)12-18/h3-10,12H,1,11,13-15H2,2H3,(H,24,28). The van der Waals surface area contributed by atoms with E-state index in [2.05, 4.69) is 34.2 Å². The first-order valence-electron chi connectivity index (χ1n) is 9.40. The second-order valence-electron chi connectivity index (χ2n) is 6.58. The third kappa shape index (κ3) is 6.39. The summed E-state index contributed by atoms with van der Waals surface area (Å²) in [6, 6.07) is 15.8. The van der Waals surface area contributed by atoms with Gasteiger partial charge in [-0.2, -0.15) is 0 Å². The molecule has 0 saturated heterocycles. The molecule has 1 heterocycles. The molecular formula is C22H23ClN4OS2. The third-order valence-corrected chi connectivity index (χ3v) is 6.61. The molecule has 0 saturated carbocycles. The fourth-order valence-corrected chi connectivity index (χ4v) is 4.55. The van der Waals surface area contributed by atoms with E-state index in [4.69, 9.17) is 11.6 Å². The Morgan fingerprint density at radius 2 is 2.00 bits per heavy atom. The first kappa shape index (κ1) is 22.5. The molecule has 0 aliphatic rings. The first-order chi connectivity index (χ1) is 14.6. The van der Waals surface area contributed by atoms with Crippen molar-refractivity contribution < 1.29 is 4.79 Å². The van der Waals surface area contributed by atoms with Gasteiger partial charge in [0.25, 0.3) is 0 Å². The molecule has 0 fully saturated rings. The number of allylic oxidation sites excluding steroid dienone is 1. The second kappa shape index (κ2) is 11.2. The second-order valence-corrected chi connectivity index (χ2v) is 8.91. The van der Waals surface area contributed by atoms with E-state index in [1.54, 1.807) is 17.8 Å². The van der Waals surface area contributed by atoms with Crippen molar-refractivity contribution in [2.75, 3.05) is 11.1 Å². The molecule has 0 spiro atoms. The Balaban J connectivity index is 1.56. The van der Waals surface area contributed by atoms with Gasteiger partial charge in [0.05, 0.1) is 11.5 Å². The molecule has 0 unspecified atom stereocenters. The Hall–Kier alpha value is -2.22. The smallest absolute Gasteiger partial charge is 0.234 e. The number of carbonyl (C=O) groups excluding carboxylic acids is 1. The molecule has 1 aromatic heterocycles. The van der Waals surface area contributed by atoms with Gasteiger partial charge in [0.1, 0.15) is 5.82 Å². The molecular weight excluding hydrogens is 436 g/mol. The van der Waals surface area contributed by atoms with Gasteiger partial charge in [0.15, 0.2) is 5.16 Å². The highest BCUT2D eigenvalue weighted by atomic mass is 35.5. The van der Waals surface area contributed by atoms with Gasteiger partial charge < -0.3 is 9.88 Å².